The maximum absolute atomic E-state index is 3.59. The van der Waals surface area contributed by atoms with E-state index in [0.717, 1.165) is 0 Å². The number of nitrogens with one attached hydrogen (secondary N) is 2. The first-order valence-electron chi connectivity index (χ1n) is 11.9. The molecule has 0 aliphatic rings. The molecule has 0 unspecified atom stereocenters. The van der Waals surface area contributed by atoms with Gasteiger partial charge in [-0.2, -0.15) is 0 Å². The minimum absolute atomic E-state index is 1.21. The Kier molecular flexibility index (Phi) is 3.30. The van der Waals surface area contributed by atoms with E-state index in [1.807, 2.05) is 0 Å². The summed E-state index contributed by atoms with van der Waals surface area (Å²) in [6.07, 6.45) is 0. The van der Waals surface area contributed by atoms with Gasteiger partial charge < -0.3 is 10.6 Å². The van der Waals surface area contributed by atoms with Crippen molar-refractivity contribution in [2.45, 2.75) is 0 Å². The normalized spacial score (nSPS) is 12.4. The van der Waals surface area contributed by atoms with Crippen LogP contribution in [0.15, 0.2) is 84.9 Å². The van der Waals surface area contributed by atoms with Crippen LogP contribution in [0.3, 0.4) is 0 Å². The van der Waals surface area contributed by atoms with Gasteiger partial charge in [0.15, 0.2) is 0 Å². The van der Waals surface area contributed by atoms with Gasteiger partial charge in [0, 0.05) is 68.6 Å². The van der Waals surface area contributed by atoms with E-state index in [-0.39, 0.29) is 0 Å². The fraction of sp³-hybridized carbons (Fsp3) is 0.0625. The van der Waals surface area contributed by atoms with E-state index in [0.29, 0.717) is 0 Å². The zero-order chi connectivity index (χ0) is 22.6. The van der Waals surface area contributed by atoms with E-state index >= 15 is 0 Å². The monoisotopic (exact) mass is 434 g/mol. The van der Waals surface area contributed by atoms with Crippen LogP contribution >= 0.6 is 0 Å². The van der Waals surface area contributed by atoms with Crippen molar-refractivity contribution in [3.05, 3.63) is 84.9 Å². The predicted molar refractivity (Wildman–Crippen MR) is 150 cm³/mol. The lowest BCUT2D eigenvalue weighted by molar-refractivity contribution is 1.57. The van der Waals surface area contributed by atoms with E-state index in [2.05, 4.69) is 110 Å². The SMILES string of the molecule is CNc1c2cc3ccccc3c3ccc4c(NC)c5cc6ccccc6c6ccc1c(c56)c4c23. The first kappa shape index (κ1) is 18.2. The third-order valence-corrected chi connectivity index (χ3v) is 7.88. The van der Waals surface area contributed by atoms with Crippen molar-refractivity contribution in [3.63, 3.8) is 0 Å². The average Bonchev–Trinajstić information content (AvgIpc) is 2.89. The van der Waals surface area contributed by atoms with Gasteiger partial charge in [-0.05, 0) is 44.5 Å². The van der Waals surface area contributed by atoms with Gasteiger partial charge in [-0.3, -0.25) is 0 Å². The van der Waals surface area contributed by atoms with Gasteiger partial charge in [0.25, 0.3) is 0 Å². The topological polar surface area (TPSA) is 24.1 Å². The summed E-state index contributed by atoms with van der Waals surface area (Å²) in [4.78, 5) is 0. The second-order valence-corrected chi connectivity index (χ2v) is 9.36. The maximum Gasteiger partial charge on any atom is 0.0498 e. The zero-order valence-corrected chi connectivity index (χ0v) is 19.1. The van der Waals surface area contributed by atoms with Gasteiger partial charge in [0.05, 0.1) is 0 Å². The molecule has 0 amide bonds. The Balaban J connectivity index is 1.80. The highest BCUT2D eigenvalue weighted by molar-refractivity contribution is 6.45. The Morgan fingerprint density at radius 1 is 0.382 bits per heavy atom. The van der Waals surface area contributed by atoms with Crippen molar-refractivity contribution in [1.29, 1.82) is 0 Å². The largest absolute Gasteiger partial charge is 0.387 e. The van der Waals surface area contributed by atoms with Crippen molar-refractivity contribution in [2.75, 3.05) is 24.7 Å². The molecule has 0 saturated carbocycles. The van der Waals surface area contributed by atoms with E-state index in [9.17, 15) is 0 Å². The van der Waals surface area contributed by atoms with Crippen LogP contribution in [-0.2, 0) is 0 Å². The zero-order valence-electron chi connectivity index (χ0n) is 19.1. The lowest BCUT2D eigenvalue weighted by Gasteiger charge is -2.24. The van der Waals surface area contributed by atoms with Gasteiger partial charge in [0.1, 0.15) is 0 Å². The number of fused-ring (bicyclic) bond motifs is 4. The highest BCUT2D eigenvalue weighted by atomic mass is 14.8. The highest BCUT2D eigenvalue weighted by Crippen LogP contribution is 2.52. The molecule has 0 fully saturated rings. The molecule has 0 heterocycles. The summed E-state index contributed by atoms with van der Waals surface area (Å²) in [5.74, 6) is 0. The molecule has 0 radical (unpaired) electrons. The molecule has 8 aromatic rings. The van der Waals surface area contributed by atoms with Crippen LogP contribution in [0.4, 0.5) is 11.4 Å². The lowest BCUT2D eigenvalue weighted by atomic mass is 9.82. The minimum atomic E-state index is 1.21. The van der Waals surface area contributed by atoms with Gasteiger partial charge >= 0.3 is 0 Å². The second kappa shape index (κ2) is 6.18. The Morgan fingerprint density at radius 3 is 1.24 bits per heavy atom. The molecule has 34 heavy (non-hydrogen) atoms. The van der Waals surface area contributed by atoms with E-state index in [1.54, 1.807) is 0 Å². The maximum atomic E-state index is 3.59. The first-order valence-corrected chi connectivity index (χ1v) is 11.9. The van der Waals surface area contributed by atoms with Crippen LogP contribution in [-0.4, -0.2) is 14.1 Å². The molecule has 8 aromatic carbocycles. The lowest BCUT2D eigenvalue weighted by Crippen LogP contribution is -1.99. The molecule has 0 bridgehead atoms. The van der Waals surface area contributed by atoms with Crippen molar-refractivity contribution >= 4 is 86.8 Å². The number of benzene rings is 8. The van der Waals surface area contributed by atoms with Crippen LogP contribution in [0.25, 0.3) is 75.4 Å². The number of rotatable bonds is 2. The Bertz CT molecular complexity index is 1930. The van der Waals surface area contributed by atoms with Crippen molar-refractivity contribution in [3.8, 4) is 0 Å². The van der Waals surface area contributed by atoms with E-state index in [1.165, 1.54) is 86.8 Å². The molecule has 2 nitrogen and oxygen atoms in total. The highest BCUT2D eigenvalue weighted by Gasteiger charge is 2.23. The first-order chi connectivity index (χ1) is 16.8. The van der Waals surface area contributed by atoms with Gasteiger partial charge in [-0.1, -0.05) is 72.8 Å². The summed E-state index contributed by atoms with van der Waals surface area (Å²) in [6.45, 7) is 0. The third kappa shape index (κ3) is 1.99. The number of hydrogen-bond donors (Lipinski definition) is 2. The standard InChI is InChI=1S/C32H22N2/c1-33-31-23-13-11-22-20-10-6-4-8-18(20)16-26-28(22)29(23)30-24(32(26)34-2)14-12-21-19-9-5-3-7-17(19)15-25(31)27(21)30/h3-16,33-34H,1-2H3. The summed E-state index contributed by atoms with van der Waals surface area (Å²) in [6, 6.07) is 31.5. The summed E-state index contributed by atoms with van der Waals surface area (Å²) >= 11 is 0. The molecular weight excluding hydrogens is 412 g/mol. The quantitative estimate of drug-likeness (QED) is 0.210. The molecule has 160 valence electrons. The fourth-order valence-electron chi connectivity index (χ4n) is 6.56. The van der Waals surface area contributed by atoms with E-state index in [4.69, 9.17) is 0 Å². The van der Waals surface area contributed by atoms with Gasteiger partial charge in [0.2, 0.25) is 0 Å². The summed E-state index contributed by atoms with van der Waals surface area (Å²) in [5.41, 5.74) is 2.42. The molecule has 2 heteroatoms. The number of hydrogen-bond acceptors (Lipinski definition) is 2. The van der Waals surface area contributed by atoms with Crippen LogP contribution in [0, 0.1) is 0 Å². The van der Waals surface area contributed by atoms with Crippen molar-refractivity contribution < 1.29 is 0 Å². The minimum Gasteiger partial charge on any atom is -0.387 e. The van der Waals surface area contributed by atoms with Gasteiger partial charge in [-0.15, -0.1) is 0 Å². The summed E-state index contributed by atoms with van der Waals surface area (Å²) < 4.78 is 0. The Morgan fingerprint density at radius 2 is 0.794 bits per heavy atom. The molecule has 0 aliphatic carbocycles. The van der Waals surface area contributed by atoms with Crippen molar-refractivity contribution in [2.24, 2.45) is 0 Å². The van der Waals surface area contributed by atoms with Crippen LogP contribution < -0.4 is 10.6 Å². The molecule has 0 aromatic heterocycles. The number of anilines is 2. The fourth-order valence-corrected chi connectivity index (χ4v) is 6.56. The molecule has 0 atom stereocenters. The molecule has 2 N–H and O–H groups in total. The third-order valence-electron chi connectivity index (χ3n) is 7.88. The summed E-state index contributed by atoms with van der Waals surface area (Å²) in [5, 5.41) is 25.6. The molecule has 8 rings (SSSR count). The van der Waals surface area contributed by atoms with Crippen LogP contribution in [0.1, 0.15) is 0 Å². The predicted octanol–water partition coefficient (Wildman–Crippen LogP) is 8.72. The average molecular weight is 435 g/mol. The smallest absolute Gasteiger partial charge is 0.0498 e. The molecule has 0 saturated heterocycles. The Hall–Kier alpha value is -4.30. The molecule has 0 aliphatic heterocycles. The second-order valence-electron chi connectivity index (χ2n) is 9.36. The van der Waals surface area contributed by atoms with Crippen molar-refractivity contribution in [1.82, 2.24) is 0 Å². The van der Waals surface area contributed by atoms with E-state index < -0.39 is 0 Å². The Labute approximate surface area is 196 Å². The summed E-state index contributed by atoms with van der Waals surface area (Å²) in [7, 11) is 4.11. The molecular formula is C32H22N2. The molecule has 0 spiro atoms. The van der Waals surface area contributed by atoms with Crippen LogP contribution in [0.2, 0.25) is 0 Å². The van der Waals surface area contributed by atoms with Crippen LogP contribution in [0.5, 0.6) is 0 Å². The van der Waals surface area contributed by atoms with Gasteiger partial charge in [-0.25, -0.2) is 0 Å².